The summed E-state index contributed by atoms with van der Waals surface area (Å²) in [4.78, 5) is 47.9. The van der Waals surface area contributed by atoms with Crippen molar-refractivity contribution in [3.05, 3.63) is 59.2 Å². The number of phenolic OH excluding ortho intramolecular Hbond substituents is 1. The number of aromatic hydroxyl groups is 1. The summed E-state index contributed by atoms with van der Waals surface area (Å²) < 4.78 is 82.5. The van der Waals surface area contributed by atoms with Crippen LogP contribution in [0, 0.1) is 11.6 Å². The van der Waals surface area contributed by atoms with Gasteiger partial charge in [-0.2, -0.15) is 0 Å². The molecule has 0 unspecified atom stereocenters. The average molecular weight is 841 g/mol. The molecule has 2 aromatic carbocycles. The van der Waals surface area contributed by atoms with E-state index in [1.54, 1.807) is 19.1 Å². The lowest BCUT2D eigenvalue weighted by Gasteiger charge is -2.17. The fourth-order valence-corrected chi connectivity index (χ4v) is 10.5. The number of urea groups is 2. The molecule has 0 bridgehead atoms. The van der Waals surface area contributed by atoms with E-state index >= 15 is 0 Å². The van der Waals surface area contributed by atoms with Gasteiger partial charge in [0.15, 0.2) is 42.8 Å². The van der Waals surface area contributed by atoms with Crippen molar-refractivity contribution in [2.45, 2.75) is 96.0 Å². The van der Waals surface area contributed by atoms with Crippen molar-refractivity contribution < 1.29 is 54.6 Å². The Hall–Kier alpha value is -4.32. The summed E-state index contributed by atoms with van der Waals surface area (Å²) in [6, 6.07) is 7.65. The first-order valence-corrected chi connectivity index (χ1v) is 23.1. The number of halogens is 2. The van der Waals surface area contributed by atoms with Crippen LogP contribution in [-0.4, -0.2) is 111 Å². The minimum absolute atomic E-state index is 0.00939. The van der Waals surface area contributed by atoms with Crippen molar-refractivity contribution >= 4 is 43.6 Å². The molecule has 2 saturated heterocycles. The third-order valence-electron chi connectivity index (χ3n) is 10.2. The summed E-state index contributed by atoms with van der Waals surface area (Å²) in [5, 5.41) is 13.8. The van der Waals surface area contributed by atoms with Crippen molar-refractivity contribution in [3.63, 3.8) is 0 Å². The van der Waals surface area contributed by atoms with E-state index in [0.717, 1.165) is 37.3 Å². The van der Waals surface area contributed by atoms with Gasteiger partial charge in [0.05, 0.1) is 29.1 Å². The van der Waals surface area contributed by atoms with Crippen LogP contribution in [0.3, 0.4) is 0 Å². The summed E-state index contributed by atoms with van der Waals surface area (Å²) in [6.07, 6.45) is 7.57. The number of nitrogens with one attached hydrogen (secondary N) is 2. The number of rotatable bonds is 20. The minimum Gasteiger partial charge on any atom is -0.505 e. The first-order chi connectivity index (χ1) is 26.9. The van der Waals surface area contributed by atoms with E-state index in [4.69, 9.17) is 4.74 Å². The average Bonchev–Trinajstić information content (AvgIpc) is 3.85. The highest BCUT2D eigenvalue weighted by atomic mass is 32.2. The van der Waals surface area contributed by atoms with Gasteiger partial charge in [-0.3, -0.25) is 20.2 Å². The smallest absolute Gasteiger partial charge is 0.324 e. The van der Waals surface area contributed by atoms with E-state index in [1.165, 1.54) is 28.0 Å². The second-order valence-corrected chi connectivity index (χ2v) is 19.6. The maximum Gasteiger partial charge on any atom is 0.324 e. The Morgan fingerprint density at radius 1 is 0.702 bits per heavy atom. The minimum atomic E-state index is -3.29. The van der Waals surface area contributed by atoms with Crippen molar-refractivity contribution in [1.82, 2.24) is 20.4 Å². The molecule has 0 aromatic heterocycles. The van der Waals surface area contributed by atoms with Gasteiger partial charge in [-0.25, -0.2) is 35.2 Å². The third kappa shape index (κ3) is 14.8. The van der Waals surface area contributed by atoms with E-state index in [2.05, 4.69) is 10.6 Å². The van der Waals surface area contributed by atoms with Crippen molar-refractivity contribution in [3.8, 4) is 11.5 Å². The molecule has 3 N–H and O–H groups in total. The Kier molecular flexibility index (Phi) is 16.6. The fourth-order valence-electron chi connectivity index (χ4n) is 6.99. The molecular weight excluding hydrogens is 787 g/mol. The number of ether oxygens (including phenoxy) is 1. The summed E-state index contributed by atoms with van der Waals surface area (Å²) in [5.74, 6) is -2.69. The van der Waals surface area contributed by atoms with E-state index in [0.29, 0.717) is 57.2 Å². The van der Waals surface area contributed by atoms with Gasteiger partial charge < -0.3 is 19.6 Å². The zero-order valence-electron chi connectivity index (χ0n) is 32.5. The molecule has 3 aliphatic rings. The number of imide groups is 2. The zero-order valence-corrected chi connectivity index (χ0v) is 34.1. The first kappa shape index (κ1) is 45.4. The monoisotopic (exact) mass is 840 g/mol. The Bertz CT molecular complexity index is 1960. The predicted molar refractivity (Wildman–Crippen MR) is 209 cm³/mol. The molecule has 3 fully saturated rings. The van der Waals surface area contributed by atoms with Crippen molar-refractivity contribution in [1.29, 1.82) is 0 Å². The van der Waals surface area contributed by atoms with Gasteiger partial charge in [0.1, 0.15) is 13.1 Å². The summed E-state index contributed by atoms with van der Waals surface area (Å²) in [7, 11) is -6.57. The van der Waals surface area contributed by atoms with Crippen LogP contribution >= 0.6 is 0 Å². The van der Waals surface area contributed by atoms with Crippen LogP contribution in [0.25, 0.3) is 0 Å². The maximum absolute atomic E-state index is 14.1. The SMILES string of the molecule is C[C@@H](CS(=O)(=O)CCCCCN1CC(=O)NC1=O)c1ccc(F)c(O)c1.C[C@@H](CS(=O)(=O)CCCCCN1CC(=O)NC1=O)c1ccc(F)c(OC2CCCC2)c1. The molecule has 1 saturated carbocycles. The van der Waals surface area contributed by atoms with E-state index in [9.17, 15) is 49.9 Å². The van der Waals surface area contributed by atoms with Gasteiger partial charge in [0.25, 0.3) is 0 Å². The van der Waals surface area contributed by atoms with Crippen LogP contribution in [0.15, 0.2) is 36.4 Å². The van der Waals surface area contributed by atoms with Crippen LogP contribution in [0.4, 0.5) is 18.4 Å². The maximum atomic E-state index is 14.1. The van der Waals surface area contributed by atoms with Gasteiger partial charge in [0, 0.05) is 13.1 Å². The second kappa shape index (κ2) is 20.9. The number of phenols is 1. The second-order valence-electron chi connectivity index (χ2n) is 15.1. The lowest BCUT2D eigenvalue weighted by Crippen LogP contribution is -2.29. The van der Waals surface area contributed by atoms with E-state index in [-0.39, 0.29) is 77.6 Å². The van der Waals surface area contributed by atoms with Crippen LogP contribution in [0.5, 0.6) is 11.5 Å². The van der Waals surface area contributed by atoms with E-state index in [1.807, 2.05) is 6.92 Å². The van der Waals surface area contributed by atoms with Crippen LogP contribution < -0.4 is 15.4 Å². The number of sulfone groups is 2. The Morgan fingerprint density at radius 2 is 1.16 bits per heavy atom. The molecule has 2 aliphatic heterocycles. The highest BCUT2D eigenvalue weighted by Gasteiger charge is 2.27. The summed E-state index contributed by atoms with van der Waals surface area (Å²) >= 11 is 0. The zero-order chi connectivity index (χ0) is 41.8. The van der Waals surface area contributed by atoms with Crippen LogP contribution in [-0.2, 0) is 29.3 Å². The number of nitrogens with zero attached hydrogens (tertiary/aromatic N) is 2. The quantitative estimate of drug-likeness (QED) is 0.118. The molecule has 18 heteroatoms. The highest BCUT2D eigenvalue weighted by molar-refractivity contribution is 7.91. The fraction of sp³-hybridized carbons (Fsp3) is 0.590. The van der Waals surface area contributed by atoms with Crippen molar-refractivity contribution in [2.24, 2.45) is 0 Å². The Balaban J connectivity index is 0.000000257. The summed E-state index contributed by atoms with van der Waals surface area (Å²) in [6.45, 7) is 4.52. The largest absolute Gasteiger partial charge is 0.505 e. The molecule has 316 valence electrons. The number of hydrogen-bond donors (Lipinski definition) is 3. The Morgan fingerprint density at radius 3 is 1.60 bits per heavy atom. The topological polar surface area (TPSA) is 197 Å². The number of hydrogen-bond acceptors (Lipinski definition) is 10. The van der Waals surface area contributed by atoms with Crippen LogP contribution in [0.1, 0.15) is 101 Å². The number of benzene rings is 2. The molecule has 2 aromatic rings. The molecular formula is C39H54F2N4O10S2. The lowest BCUT2D eigenvalue weighted by molar-refractivity contribution is -0.119. The highest BCUT2D eigenvalue weighted by Crippen LogP contribution is 2.30. The van der Waals surface area contributed by atoms with Crippen molar-refractivity contribution in [2.75, 3.05) is 49.2 Å². The summed E-state index contributed by atoms with van der Waals surface area (Å²) in [5.41, 5.74) is 1.32. The first-order valence-electron chi connectivity index (χ1n) is 19.4. The third-order valence-corrected chi connectivity index (χ3v) is 14.0. The molecule has 2 atom stereocenters. The molecule has 5 rings (SSSR count). The number of amides is 6. The molecule has 0 spiro atoms. The van der Waals surface area contributed by atoms with Gasteiger partial charge in [-0.15, -0.1) is 0 Å². The molecule has 14 nitrogen and oxygen atoms in total. The Labute approximate surface area is 333 Å². The number of carbonyl (C=O) groups is 4. The number of carbonyl (C=O) groups excluding carboxylic acids is 4. The number of unbranched alkanes of at least 4 members (excludes halogenated alkanes) is 4. The van der Waals surface area contributed by atoms with Gasteiger partial charge in [0.2, 0.25) is 11.8 Å². The molecule has 2 heterocycles. The predicted octanol–water partition coefficient (Wildman–Crippen LogP) is 5.16. The van der Waals surface area contributed by atoms with Gasteiger partial charge >= 0.3 is 12.1 Å². The van der Waals surface area contributed by atoms with Gasteiger partial charge in [-0.1, -0.05) is 38.8 Å². The van der Waals surface area contributed by atoms with Crippen LogP contribution in [0.2, 0.25) is 0 Å². The van der Waals surface area contributed by atoms with E-state index < -0.39 is 43.1 Å². The molecule has 1 aliphatic carbocycles. The molecule has 0 radical (unpaired) electrons. The normalized spacial score (nSPS) is 17.3. The lowest BCUT2D eigenvalue weighted by atomic mass is 10.0. The molecule has 57 heavy (non-hydrogen) atoms. The molecule has 6 amide bonds. The standard InChI is InChI=1S/C22H31FN2O5S.C17H23FN2O5S/c1-16(17-9-10-19(23)20(13-17)30-18-7-3-4-8-18)15-31(28,29)12-6-2-5-11-25-14-21(26)24-22(25)27;1-12(13-5-6-14(18)15(21)9-13)11-26(24,25)8-4-2-3-7-20-10-16(22)19-17(20)23/h9-10,13,16,18H,2-8,11-12,14-15H2,1H3,(H,24,26,27);5-6,9,12,21H,2-4,7-8,10-11H2,1H3,(H,19,22,23)/t16-;12-/m00/s1. The van der Waals surface area contributed by atoms with Gasteiger partial charge in [-0.05, 0) is 98.6 Å².